The number of carbonyl (C=O) groups is 1. The highest BCUT2D eigenvalue weighted by Gasteiger charge is 2.06. The number of carbonyl (C=O) groups excluding carboxylic acids is 1. The largest absolute Gasteiger partial charge is 0.481 e. The Morgan fingerprint density at radius 3 is 2.89 bits per heavy atom. The van der Waals surface area contributed by atoms with Crippen LogP contribution in [0, 0.1) is 0 Å². The van der Waals surface area contributed by atoms with Gasteiger partial charge in [-0.2, -0.15) is 0 Å². The van der Waals surface area contributed by atoms with E-state index in [0.29, 0.717) is 12.4 Å². The molecule has 1 amide bonds. The average Bonchev–Trinajstić information content (AvgIpc) is 2.45. The summed E-state index contributed by atoms with van der Waals surface area (Å²) in [6.07, 6.45) is 1.70. The molecule has 2 aromatic rings. The predicted molar refractivity (Wildman–Crippen MR) is 73.7 cm³/mol. The molecule has 2 rings (SSSR count). The van der Waals surface area contributed by atoms with Crippen LogP contribution in [0.4, 0.5) is 0 Å². The van der Waals surface area contributed by atoms with Gasteiger partial charge in [-0.25, -0.2) is 4.98 Å². The molecule has 1 N–H and O–H groups in total. The average molecular weight is 256 g/mol. The molecule has 19 heavy (non-hydrogen) atoms. The molecule has 0 aliphatic rings. The van der Waals surface area contributed by atoms with Crippen LogP contribution in [0.15, 0.2) is 42.6 Å². The minimum absolute atomic E-state index is 0.0376. The standard InChI is InChI=1S/C15H16N2O2/c1-11(18)17-10-12-5-3-6-13(9-12)14-7-4-8-16-15(14)19-2/h3-9H,10H2,1-2H3,(H,17,18). The number of benzene rings is 1. The lowest BCUT2D eigenvalue weighted by molar-refractivity contribution is -0.119. The summed E-state index contributed by atoms with van der Waals surface area (Å²) < 4.78 is 5.26. The van der Waals surface area contributed by atoms with E-state index < -0.39 is 0 Å². The van der Waals surface area contributed by atoms with Crippen molar-refractivity contribution in [3.05, 3.63) is 48.2 Å². The summed E-state index contributed by atoms with van der Waals surface area (Å²) in [5.41, 5.74) is 3.00. The summed E-state index contributed by atoms with van der Waals surface area (Å²) in [6, 6.07) is 11.8. The van der Waals surface area contributed by atoms with Crippen LogP contribution in [0.3, 0.4) is 0 Å². The number of hydrogen-bond acceptors (Lipinski definition) is 3. The highest BCUT2D eigenvalue weighted by molar-refractivity contribution is 5.73. The first-order valence-corrected chi connectivity index (χ1v) is 6.03. The van der Waals surface area contributed by atoms with Crippen molar-refractivity contribution in [1.29, 1.82) is 0 Å². The molecule has 0 saturated heterocycles. The summed E-state index contributed by atoms with van der Waals surface area (Å²) in [4.78, 5) is 15.1. The van der Waals surface area contributed by atoms with E-state index in [1.165, 1.54) is 6.92 Å². The van der Waals surface area contributed by atoms with Crippen LogP contribution in [-0.2, 0) is 11.3 Å². The lowest BCUT2D eigenvalue weighted by atomic mass is 10.0. The van der Waals surface area contributed by atoms with Gasteiger partial charge in [0, 0.05) is 25.2 Å². The summed E-state index contributed by atoms with van der Waals surface area (Å²) in [6.45, 7) is 2.03. The van der Waals surface area contributed by atoms with Gasteiger partial charge in [0.2, 0.25) is 11.8 Å². The lowest BCUT2D eigenvalue weighted by Gasteiger charge is -2.09. The first kappa shape index (κ1) is 13.1. The fraction of sp³-hybridized carbons (Fsp3) is 0.200. The third kappa shape index (κ3) is 3.31. The van der Waals surface area contributed by atoms with E-state index in [4.69, 9.17) is 4.74 Å². The molecule has 1 heterocycles. The molecular weight excluding hydrogens is 240 g/mol. The number of rotatable bonds is 4. The van der Waals surface area contributed by atoms with Crippen molar-refractivity contribution in [2.45, 2.75) is 13.5 Å². The zero-order valence-corrected chi connectivity index (χ0v) is 11.0. The first-order valence-electron chi connectivity index (χ1n) is 6.03. The van der Waals surface area contributed by atoms with E-state index in [9.17, 15) is 4.79 Å². The minimum atomic E-state index is -0.0376. The van der Waals surface area contributed by atoms with E-state index in [-0.39, 0.29) is 5.91 Å². The number of nitrogens with one attached hydrogen (secondary N) is 1. The van der Waals surface area contributed by atoms with E-state index in [1.807, 2.05) is 36.4 Å². The number of methoxy groups -OCH3 is 1. The molecule has 98 valence electrons. The Hall–Kier alpha value is -2.36. The first-order chi connectivity index (χ1) is 9.20. The smallest absolute Gasteiger partial charge is 0.221 e. The van der Waals surface area contributed by atoms with Gasteiger partial charge in [0.05, 0.1) is 7.11 Å². The number of nitrogens with zero attached hydrogens (tertiary/aromatic N) is 1. The van der Waals surface area contributed by atoms with E-state index in [1.54, 1.807) is 13.3 Å². The Kier molecular flexibility index (Phi) is 4.13. The second-order valence-corrected chi connectivity index (χ2v) is 4.17. The molecular formula is C15H16N2O2. The van der Waals surface area contributed by atoms with Gasteiger partial charge in [-0.15, -0.1) is 0 Å². The Morgan fingerprint density at radius 1 is 1.32 bits per heavy atom. The van der Waals surface area contributed by atoms with E-state index >= 15 is 0 Å². The van der Waals surface area contributed by atoms with Crippen molar-refractivity contribution in [2.75, 3.05) is 7.11 Å². The van der Waals surface area contributed by atoms with Gasteiger partial charge in [-0.05, 0) is 29.3 Å². The summed E-state index contributed by atoms with van der Waals surface area (Å²) in [5, 5.41) is 2.78. The number of hydrogen-bond donors (Lipinski definition) is 1. The summed E-state index contributed by atoms with van der Waals surface area (Å²) >= 11 is 0. The van der Waals surface area contributed by atoms with Gasteiger partial charge in [-0.3, -0.25) is 4.79 Å². The molecule has 1 aromatic carbocycles. The van der Waals surface area contributed by atoms with Gasteiger partial charge in [0.15, 0.2) is 0 Å². The fourth-order valence-electron chi connectivity index (χ4n) is 1.85. The molecule has 0 unspecified atom stereocenters. The number of amides is 1. The number of pyridine rings is 1. The van der Waals surface area contributed by atoms with Gasteiger partial charge >= 0.3 is 0 Å². The molecule has 0 fully saturated rings. The predicted octanol–water partition coefficient (Wildman–Crippen LogP) is 2.39. The third-order valence-electron chi connectivity index (χ3n) is 2.74. The zero-order chi connectivity index (χ0) is 13.7. The molecule has 0 aliphatic heterocycles. The summed E-state index contributed by atoms with van der Waals surface area (Å²) in [5.74, 6) is 0.559. The van der Waals surface area contributed by atoms with Gasteiger partial charge < -0.3 is 10.1 Å². The Morgan fingerprint density at radius 2 is 2.16 bits per heavy atom. The quantitative estimate of drug-likeness (QED) is 0.913. The zero-order valence-electron chi connectivity index (χ0n) is 11.0. The van der Waals surface area contributed by atoms with Gasteiger partial charge in [-0.1, -0.05) is 18.2 Å². The summed E-state index contributed by atoms with van der Waals surface area (Å²) in [7, 11) is 1.60. The molecule has 4 nitrogen and oxygen atoms in total. The van der Waals surface area contributed by atoms with Crippen LogP contribution < -0.4 is 10.1 Å². The Balaban J connectivity index is 2.29. The molecule has 0 atom stereocenters. The van der Waals surface area contributed by atoms with Crippen molar-refractivity contribution in [3.8, 4) is 17.0 Å². The molecule has 0 aliphatic carbocycles. The number of aromatic nitrogens is 1. The van der Waals surface area contributed by atoms with E-state index in [0.717, 1.165) is 16.7 Å². The topological polar surface area (TPSA) is 51.2 Å². The fourth-order valence-corrected chi connectivity index (χ4v) is 1.85. The Bertz CT molecular complexity index is 582. The second kappa shape index (κ2) is 6.00. The highest BCUT2D eigenvalue weighted by atomic mass is 16.5. The van der Waals surface area contributed by atoms with Crippen molar-refractivity contribution in [1.82, 2.24) is 10.3 Å². The van der Waals surface area contributed by atoms with Gasteiger partial charge in [0.25, 0.3) is 0 Å². The lowest BCUT2D eigenvalue weighted by Crippen LogP contribution is -2.18. The molecule has 0 saturated carbocycles. The molecule has 4 heteroatoms. The highest BCUT2D eigenvalue weighted by Crippen LogP contribution is 2.27. The second-order valence-electron chi connectivity index (χ2n) is 4.17. The molecule has 0 bridgehead atoms. The maximum atomic E-state index is 10.9. The van der Waals surface area contributed by atoms with Crippen LogP contribution >= 0.6 is 0 Å². The number of ether oxygens (including phenoxy) is 1. The van der Waals surface area contributed by atoms with Crippen molar-refractivity contribution in [2.24, 2.45) is 0 Å². The Labute approximate surface area is 112 Å². The molecule has 0 radical (unpaired) electrons. The minimum Gasteiger partial charge on any atom is -0.481 e. The van der Waals surface area contributed by atoms with Crippen molar-refractivity contribution in [3.63, 3.8) is 0 Å². The normalized spacial score (nSPS) is 10.0. The molecule has 1 aromatic heterocycles. The van der Waals surface area contributed by atoms with Crippen LogP contribution in [0.2, 0.25) is 0 Å². The van der Waals surface area contributed by atoms with E-state index in [2.05, 4.69) is 10.3 Å². The SMILES string of the molecule is COc1ncccc1-c1cccc(CNC(C)=O)c1. The van der Waals surface area contributed by atoms with Crippen LogP contribution in [0.1, 0.15) is 12.5 Å². The van der Waals surface area contributed by atoms with Crippen LogP contribution in [0.5, 0.6) is 5.88 Å². The molecule has 0 spiro atoms. The van der Waals surface area contributed by atoms with Crippen LogP contribution in [-0.4, -0.2) is 18.0 Å². The van der Waals surface area contributed by atoms with Crippen molar-refractivity contribution < 1.29 is 9.53 Å². The monoisotopic (exact) mass is 256 g/mol. The maximum Gasteiger partial charge on any atom is 0.221 e. The maximum absolute atomic E-state index is 10.9. The third-order valence-corrected chi connectivity index (χ3v) is 2.74. The van der Waals surface area contributed by atoms with Crippen LogP contribution in [0.25, 0.3) is 11.1 Å². The van der Waals surface area contributed by atoms with Crippen molar-refractivity contribution >= 4 is 5.91 Å². The van der Waals surface area contributed by atoms with Gasteiger partial charge in [0.1, 0.15) is 0 Å².